The lowest BCUT2D eigenvalue weighted by atomic mass is 9.78. The number of amides is 2. The Bertz CT molecular complexity index is 784. The fourth-order valence-electron chi connectivity index (χ4n) is 5.58. The number of fused-ring (bicyclic) bond motifs is 3. The molecule has 1 saturated heterocycles. The quantitative estimate of drug-likeness (QED) is 0.789. The van der Waals surface area contributed by atoms with E-state index in [9.17, 15) is 9.59 Å². The van der Waals surface area contributed by atoms with Gasteiger partial charge in [0.25, 0.3) is 5.91 Å². The maximum atomic E-state index is 13.0. The molecule has 5 nitrogen and oxygen atoms in total. The second kappa shape index (κ2) is 5.98. The molecule has 1 aromatic carbocycles. The Balaban J connectivity index is 1.61. The van der Waals surface area contributed by atoms with Gasteiger partial charge in [-0.15, -0.1) is 0 Å². The van der Waals surface area contributed by atoms with Gasteiger partial charge in [0.2, 0.25) is 0 Å². The first-order chi connectivity index (χ1) is 12.6. The van der Waals surface area contributed by atoms with Gasteiger partial charge in [-0.1, -0.05) is 25.1 Å². The minimum atomic E-state index is -0.523. The van der Waals surface area contributed by atoms with Gasteiger partial charge in [0, 0.05) is 24.7 Å². The molecule has 2 bridgehead atoms. The van der Waals surface area contributed by atoms with Crippen LogP contribution in [0.15, 0.2) is 24.3 Å². The third kappa shape index (κ3) is 2.91. The first kappa shape index (κ1) is 18.3. The summed E-state index contributed by atoms with van der Waals surface area (Å²) in [6.45, 7) is 11.3. The summed E-state index contributed by atoms with van der Waals surface area (Å²) in [5, 5.41) is 0. The fraction of sp³-hybridized carbons (Fsp3) is 0.636. The average molecular weight is 370 g/mol. The average Bonchev–Trinajstić information content (AvgIpc) is 3.16. The molecule has 2 aliphatic heterocycles. The van der Waals surface area contributed by atoms with Gasteiger partial charge in [0.1, 0.15) is 5.60 Å². The number of rotatable bonds is 2. The van der Waals surface area contributed by atoms with E-state index in [0.717, 1.165) is 24.0 Å². The van der Waals surface area contributed by atoms with Crippen molar-refractivity contribution >= 4 is 12.0 Å². The lowest BCUT2D eigenvalue weighted by molar-refractivity contribution is -0.0304. The molecule has 27 heavy (non-hydrogen) atoms. The maximum Gasteiger partial charge on any atom is 0.411 e. The van der Waals surface area contributed by atoms with Crippen molar-refractivity contribution in [1.29, 1.82) is 0 Å². The van der Waals surface area contributed by atoms with Crippen LogP contribution in [0.2, 0.25) is 0 Å². The molecular formula is C22H30N2O3. The zero-order chi connectivity index (χ0) is 19.6. The molecule has 2 heterocycles. The van der Waals surface area contributed by atoms with Gasteiger partial charge in [-0.25, -0.2) is 4.79 Å². The van der Waals surface area contributed by atoms with Crippen LogP contribution in [0.3, 0.4) is 0 Å². The Kier molecular flexibility index (Phi) is 4.06. The molecule has 0 aromatic heterocycles. The Morgan fingerprint density at radius 3 is 2.63 bits per heavy atom. The number of likely N-dealkylation sites (tertiary alicyclic amines) is 1. The molecule has 4 rings (SSSR count). The second-order valence-electron chi connectivity index (χ2n) is 9.73. The van der Waals surface area contributed by atoms with Crippen molar-refractivity contribution in [2.24, 2.45) is 11.8 Å². The summed E-state index contributed by atoms with van der Waals surface area (Å²) >= 11 is 0. The molecule has 5 heteroatoms. The summed E-state index contributed by atoms with van der Waals surface area (Å²) in [5.74, 6) is 1.02. The molecule has 0 N–H and O–H groups in total. The normalized spacial score (nSPS) is 32.2. The molecule has 2 fully saturated rings. The van der Waals surface area contributed by atoms with E-state index in [0.29, 0.717) is 24.9 Å². The van der Waals surface area contributed by atoms with Gasteiger partial charge < -0.3 is 9.64 Å². The van der Waals surface area contributed by atoms with Gasteiger partial charge in [0.05, 0.1) is 5.54 Å². The standard InChI is InChI=1S/C22H30N2O3/c1-14-10-16-11-18(14)22(5,24(16)20(26)27-21(2,3)4)13-23-12-15-8-6-7-9-17(15)19(23)25/h6-9,14,16,18H,10-13H2,1-5H3/t14-,16?,18+,22+/m1/s1. The summed E-state index contributed by atoms with van der Waals surface area (Å²) in [7, 11) is 0. The van der Waals surface area contributed by atoms with Crippen molar-refractivity contribution in [2.75, 3.05) is 6.54 Å². The van der Waals surface area contributed by atoms with Crippen molar-refractivity contribution in [3.8, 4) is 0 Å². The number of nitrogens with zero attached hydrogens (tertiary/aromatic N) is 2. The minimum Gasteiger partial charge on any atom is -0.444 e. The number of hydrogen-bond acceptors (Lipinski definition) is 3. The highest BCUT2D eigenvalue weighted by Crippen LogP contribution is 2.53. The van der Waals surface area contributed by atoms with Crippen molar-refractivity contribution in [3.05, 3.63) is 35.4 Å². The number of carbonyl (C=O) groups excluding carboxylic acids is 2. The molecule has 1 aromatic rings. The van der Waals surface area contributed by atoms with Gasteiger partial charge >= 0.3 is 6.09 Å². The molecule has 0 spiro atoms. The van der Waals surface area contributed by atoms with Gasteiger partial charge in [-0.2, -0.15) is 0 Å². The molecule has 1 saturated carbocycles. The number of benzene rings is 1. The summed E-state index contributed by atoms with van der Waals surface area (Å²) in [6, 6.07) is 8.02. The minimum absolute atomic E-state index is 0.0754. The Hall–Kier alpha value is -2.04. The third-order valence-electron chi connectivity index (χ3n) is 6.57. The zero-order valence-electron chi connectivity index (χ0n) is 17.0. The van der Waals surface area contributed by atoms with Crippen LogP contribution in [0, 0.1) is 11.8 Å². The SMILES string of the molecule is C[C@@H]1CC2C[C@@H]1[C@](C)(CN1Cc3ccccc3C1=O)N2C(=O)OC(C)(C)C. The van der Waals surface area contributed by atoms with Crippen LogP contribution in [-0.2, 0) is 11.3 Å². The molecule has 4 atom stereocenters. The summed E-state index contributed by atoms with van der Waals surface area (Å²) in [5.41, 5.74) is 0.959. The van der Waals surface area contributed by atoms with Crippen molar-refractivity contribution in [1.82, 2.24) is 9.80 Å². The van der Waals surface area contributed by atoms with Crippen LogP contribution in [-0.4, -0.2) is 45.5 Å². The zero-order valence-corrected chi connectivity index (χ0v) is 17.0. The lowest BCUT2D eigenvalue weighted by Crippen LogP contribution is -2.61. The third-order valence-corrected chi connectivity index (χ3v) is 6.57. The maximum absolute atomic E-state index is 13.0. The van der Waals surface area contributed by atoms with Crippen LogP contribution in [0.25, 0.3) is 0 Å². The molecule has 0 radical (unpaired) electrons. The highest BCUT2D eigenvalue weighted by atomic mass is 16.6. The van der Waals surface area contributed by atoms with E-state index >= 15 is 0 Å². The van der Waals surface area contributed by atoms with Crippen LogP contribution >= 0.6 is 0 Å². The van der Waals surface area contributed by atoms with E-state index in [1.807, 2.05) is 54.8 Å². The van der Waals surface area contributed by atoms with E-state index in [2.05, 4.69) is 13.8 Å². The Morgan fingerprint density at radius 2 is 1.96 bits per heavy atom. The predicted octanol–water partition coefficient (Wildman–Crippen LogP) is 4.07. The Labute approximate surface area is 161 Å². The van der Waals surface area contributed by atoms with E-state index in [-0.39, 0.29) is 23.6 Å². The number of hydrogen-bond donors (Lipinski definition) is 0. The van der Waals surface area contributed by atoms with Gasteiger partial charge in [-0.05, 0) is 64.0 Å². The van der Waals surface area contributed by atoms with Crippen LogP contribution in [0.5, 0.6) is 0 Å². The summed E-state index contributed by atoms with van der Waals surface area (Å²) in [4.78, 5) is 29.8. The largest absolute Gasteiger partial charge is 0.444 e. The second-order valence-corrected chi connectivity index (χ2v) is 9.73. The number of ether oxygens (including phenoxy) is 1. The smallest absolute Gasteiger partial charge is 0.411 e. The van der Waals surface area contributed by atoms with Crippen molar-refractivity contribution in [2.45, 2.75) is 71.2 Å². The monoisotopic (exact) mass is 370 g/mol. The van der Waals surface area contributed by atoms with E-state index < -0.39 is 5.60 Å². The summed E-state index contributed by atoms with van der Waals surface area (Å²) in [6.07, 6.45) is 1.79. The highest BCUT2D eigenvalue weighted by molar-refractivity contribution is 5.98. The van der Waals surface area contributed by atoms with Crippen molar-refractivity contribution < 1.29 is 14.3 Å². The first-order valence-corrected chi connectivity index (χ1v) is 9.99. The molecule has 1 aliphatic carbocycles. The van der Waals surface area contributed by atoms with Crippen LogP contribution in [0.4, 0.5) is 4.79 Å². The van der Waals surface area contributed by atoms with Crippen LogP contribution < -0.4 is 0 Å². The molecular weight excluding hydrogens is 340 g/mol. The Morgan fingerprint density at radius 1 is 1.26 bits per heavy atom. The van der Waals surface area contributed by atoms with Crippen LogP contribution in [0.1, 0.15) is 63.4 Å². The number of carbonyl (C=O) groups is 2. The fourth-order valence-corrected chi connectivity index (χ4v) is 5.58. The summed E-state index contributed by atoms with van der Waals surface area (Å²) < 4.78 is 5.74. The highest BCUT2D eigenvalue weighted by Gasteiger charge is 2.60. The molecule has 3 aliphatic rings. The van der Waals surface area contributed by atoms with Gasteiger partial charge in [0.15, 0.2) is 0 Å². The first-order valence-electron chi connectivity index (χ1n) is 9.99. The predicted molar refractivity (Wildman–Crippen MR) is 103 cm³/mol. The molecule has 1 unspecified atom stereocenters. The topological polar surface area (TPSA) is 49.9 Å². The van der Waals surface area contributed by atoms with E-state index in [1.54, 1.807) is 0 Å². The van der Waals surface area contributed by atoms with E-state index in [1.165, 1.54) is 0 Å². The molecule has 146 valence electrons. The van der Waals surface area contributed by atoms with Crippen molar-refractivity contribution in [3.63, 3.8) is 0 Å². The van der Waals surface area contributed by atoms with Gasteiger partial charge in [-0.3, -0.25) is 9.69 Å². The van der Waals surface area contributed by atoms with E-state index in [4.69, 9.17) is 4.74 Å². The number of piperidine rings is 1. The lowest BCUT2D eigenvalue weighted by Gasteiger charge is -2.48. The molecule has 2 amide bonds.